The molecule has 1 heterocycles. The van der Waals surface area contributed by atoms with Crippen LogP contribution in [-0.4, -0.2) is 35.0 Å². The molecule has 0 aromatic heterocycles. The summed E-state index contributed by atoms with van der Waals surface area (Å²) in [5.41, 5.74) is 1.46. The second-order valence-corrected chi connectivity index (χ2v) is 6.87. The summed E-state index contributed by atoms with van der Waals surface area (Å²) in [6.07, 6.45) is 5.09. The summed E-state index contributed by atoms with van der Waals surface area (Å²) in [5.74, 6) is 0.677. The molecule has 2 bridgehead atoms. The van der Waals surface area contributed by atoms with Crippen LogP contribution >= 0.6 is 0 Å². The maximum absolute atomic E-state index is 9.48. The van der Waals surface area contributed by atoms with Crippen molar-refractivity contribution in [2.24, 2.45) is 21.9 Å². The predicted molar refractivity (Wildman–Crippen MR) is 68.4 cm³/mol. The molecule has 3 heteroatoms. The van der Waals surface area contributed by atoms with Crippen molar-refractivity contribution in [2.45, 2.75) is 52.5 Å². The van der Waals surface area contributed by atoms with Gasteiger partial charge >= 0.3 is 0 Å². The number of nitrogens with zero attached hydrogens (tertiary/aromatic N) is 2. The standard InChI is InChI=1S/C14H24N2O/c1-13(2)10-6-7-14(13,3)12(15-17)11(10)16-8-4-5-9-16/h10-11,17H,4-9H2,1-3H3/b15-12+/t10?,11-,14?/m1/s1. The zero-order valence-corrected chi connectivity index (χ0v) is 11.2. The molecule has 1 aliphatic heterocycles. The molecule has 3 atom stereocenters. The van der Waals surface area contributed by atoms with Crippen molar-refractivity contribution in [3.8, 4) is 0 Å². The monoisotopic (exact) mass is 236 g/mol. The predicted octanol–water partition coefficient (Wildman–Crippen LogP) is 2.74. The van der Waals surface area contributed by atoms with Gasteiger partial charge in [-0.25, -0.2) is 0 Å². The minimum atomic E-state index is 0.111. The second-order valence-electron chi connectivity index (χ2n) is 6.87. The molecule has 3 nitrogen and oxygen atoms in total. The lowest BCUT2D eigenvalue weighted by Gasteiger charge is -2.34. The van der Waals surface area contributed by atoms with E-state index < -0.39 is 0 Å². The number of hydrogen-bond acceptors (Lipinski definition) is 3. The lowest BCUT2D eigenvalue weighted by molar-refractivity contribution is 0.147. The summed E-state index contributed by atoms with van der Waals surface area (Å²) < 4.78 is 0. The van der Waals surface area contributed by atoms with E-state index in [4.69, 9.17) is 0 Å². The van der Waals surface area contributed by atoms with Crippen molar-refractivity contribution in [1.82, 2.24) is 4.90 Å². The first-order valence-corrected chi connectivity index (χ1v) is 6.99. The highest BCUT2D eigenvalue weighted by molar-refractivity contribution is 5.98. The second kappa shape index (κ2) is 3.47. The van der Waals surface area contributed by atoms with E-state index in [0.29, 0.717) is 12.0 Å². The Morgan fingerprint density at radius 3 is 2.47 bits per heavy atom. The van der Waals surface area contributed by atoms with E-state index in [1.165, 1.54) is 38.8 Å². The molecule has 1 saturated heterocycles. The Bertz CT molecular complexity index is 357. The molecular weight excluding hydrogens is 212 g/mol. The fraction of sp³-hybridized carbons (Fsp3) is 0.929. The molecule has 0 aromatic rings. The summed E-state index contributed by atoms with van der Waals surface area (Å²) in [7, 11) is 0. The Hall–Kier alpha value is -0.570. The summed E-state index contributed by atoms with van der Waals surface area (Å²) in [6.45, 7) is 9.41. The van der Waals surface area contributed by atoms with Crippen LogP contribution in [0, 0.1) is 16.7 Å². The van der Waals surface area contributed by atoms with E-state index in [-0.39, 0.29) is 10.8 Å². The lowest BCUT2D eigenvalue weighted by atomic mass is 9.70. The van der Waals surface area contributed by atoms with E-state index in [9.17, 15) is 5.21 Å². The lowest BCUT2D eigenvalue weighted by Crippen LogP contribution is -2.45. The molecule has 2 unspecified atom stereocenters. The molecule has 3 aliphatic rings. The van der Waals surface area contributed by atoms with Crippen LogP contribution in [0.15, 0.2) is 5.16 Å². The Labute approximate surface area is 104 Å². The van der Waals surface area contributed by atoms with Crippen molar-refractivity contribution in [1.29, 1.82) is 0 Å². The largest absolute Gasteiger partial charge is 0.411 e. The van der Waals surface area contributed by atoms with Crippen molar-refractivity contribution in [3.63, 3.8) is 0 Å². The third-order valence-electron chi connectivity index (χ3n) is 6.17. The van der Waals surface area contributed by atoms with Crippen molar-refractivity contribution >= 4 is 5.71 Å². The van der Waals surface area contributed by atoms with E-state index in [2.05, 4.69) is 30.8 Å². The van der Waals surface area contributed by atoms with Crippen LogP contribution < -0.4 is 0 Å². The van der Waals surface area contributed by atoms with Gasteiger partial charge in [-0.3, -0.25) is 4.90 Å². The number of fused-ring (bicyclic) bond motifs is 2. The fourth-order valence-corrected chi connectivity index (χ4v) is 4.68. The fourth-order valence-electron chi connectivity index (χ4n) is 4.68. The first-order valence-electron chi connectivity index (χ1n) is 6.99. The number of hydrogen-bond donors (Lipinski definition) is 1. The molecule has 2 aliphatic carbocycles. The molecule has 0 aromatic carbocycles. The van der Waals surface area contributed by atoms with Gasteiger partial charge in [0.2, 0.25) is 0 Å². The van der Waals surface area contributed by atoms with Crippen LogP contribution in [0.4, 0.5) is 0 Å². The van der Waals surface area contributed by atoms with Gasteiger partial charge in [-0.05, 0) is 50.1 Å². The van der Waals surface area contributed by atoms with Crippen LogP contribution in [0.5, 0.6) is 0 Å². The highest BCUT2D eigenvalue weighted by Gasteiger charge is 2.66. The minimum absolute atomic E-state index is 0.111. The Balaban J connectivity index is 2.01. The van der Waals surface area contributed by atoms with E-state index >= 15 is 0 Å². The Morgan fingerprint density at radius 2 is 1.88 bits per heavy atom. The van der Waals surface area contributed by atoms with Gasteiger partial charge in [0, 0.05) is 5.41 Å². The zero-order chi connectivity index (χ0) is 12.3. The maximum Gasteiger partial charge on any atom is 0.0809 e. The molecule has 3 rings (SSSR count). The molecule has 96 valence electrons. The number of likely N-dealkylation sites (tertiary alicyclic amines) is 1. The van der Waals surface area contributed by atoms with Gasteiger partial charge in [0.25, 0.3) is 0 Å². The van der Waals surface area contributed by atoms with Gasteiger partial charge in [0.1, 0.15) is 0 Å². The molecular formula is C14H24N2O. The average Bonchev–Trinajstić information content (AvgIpc) is 2.91. The van der Waals surface area contributed by atoms with Gasteiger partial charge in [0.15, 0.2) is 0 Å². The van der Waals surface area contributed by atoms with Crippen molar-refractivity contribution < 1.29 is 5.21 Å². The molecule has 0 amide bonds. The third-order valence-corrected chi connectivity index (χ3v) is 6.17. The SMILES string of the molecule is CC12CCC([C@@H](N3CCCC3)/C1=N\O)C2(C)C. The van der Waals surface area contributed by atoms with E-state index in [0.717, 1.165) is 5.71 Å². The van der Waals surface area contributed by atoms with Crippen LogP contribution in [0.2, 0.25) is 0 Å². The van der Waals surface area contributed by atoms with Crippen LogP contribution in [-0.2, 0) is 0 Å². The molecule has 0 spiro atoms. The van der Waals surface area contributed by atoms with E-state index in [1.807, 2.05) is 0 Å². The van der Waals surface area contributed by atoms with Gasteiger partial charge < -0.3 is 5.21 Å². The normalized spacial score (nSPS) is 47.1. The molecule has 1 N–H and O–H groups in total. The first-order chi connectivity index (χ1) is 8.02. The molecule has 2 saturated carbocycles. The summed E-state index contributed by atoms with van der Waals surface area (Å²) in [6, 6.07) is 0.413. The molecule has 0 radical (unpaired) electrons. The van der Waals surface area contributed by atoms with Crippen LogP contribution in [0.1, 0.15) is 46.5 Å². The minimum Gasteiger partial charge on any atom is -0.411 e. The summed E-state index contributed by atoms with van der Waals surface area (Å²) in [5, 5.41) is 13.2. The van der Waals surface area contributed by atoms with Crippen molar-refractivity contribution in [2.75, 3.05) is 13.1 Å². The van der Waals surface area contributed by atoms with Gasteiger partial charge in [0.05, 0.1) is 11.8 Å². The first kappa shape index (κ1) is 11.5. The Morgan fingerprint density at radius 1 is 1.24 bits per heavy atom. The summed E-state index contributed by atoms with van der Waals surface area (Å²) >= 11 is 0. The number of oxime groups is 1. The highest BCUT2D eigenvalue weighted by Crippen LogP contribution is 2.65. The van der Waals surface area contributed by atoms with Gasteiger partial charge in [-0.2, -0.15) is 0 Å². The highest BCUT2D eigenvalue weighted by atomic mass is 16.4. The molecule has 3 fully saturated rings. The van der Waals surface area contributed by atoms with Gasteiger partial charge in [-0.15, -0.1) is 0 Å². The van der Waals surface area contributed by atoms with E-state index in [1.54, 1.807) is 0 Å². The number of rotatable bonds is 1. The molecule has 17 heavy (non-hydrogen) atoms. The smallest absolute Gasteiger partial charge is 0.0809 e. The Kier molecular flexibility index (Phi) is 2.35. The summed E-state index contributed by atoms with van der Waals surface area (Å²) in [4.78, 5) is 2.56. The quantitative estimate of drug-likeness (QED) is 0.561. The van der Waals surface area contributed by atoms with Crippen molar-refractivity contribution in [3.05, 3.63) is 0 Å². The van der Waals surface area contributed by atoms with Crippen LogP contribution in [0.3, 0.4) is 0 Å². The zero-order valence-electron chi connectivity index (χ0n) is 11.2. The van der Waals surface area contributed by atoms with Crippen LogP contribution in [0.25, 0.3) is 0 Å². The topological polar surface area (TPSA) is 35.8 Å². The maximum atomic E-state index is 9.48. The third kappa shape index (κ3) is 1.24. The van der Waals surface area contributed by atoms with Gasteiger partial charge in [-0.1, -0.05) is 25.9 Å². The average molecular weight is 236 g/mol.